The van der Waals surface area contributed by atoms with Crippen LogP contribution in [0.1, 0.15) is 13.8 Å². The molecule has 0 atom stereocenters. The highest BCUT2D eigenvalue weighted by atomic mass is 35.5. The molecule has 0 saturated heterocycles. The van der Waals surface area contributed by atoms with Gasteiger partial charge < -0.3 is 4.74 Å². The summed E-state index contributed by atoms with van der Waals surface area (Å²) in [7, 11) is 0. The molecule has 0 unspecified atom stereocenters. The number of para-hydroxylation sites is 1. The molecule has 2 rings (SSSR count). The Kier molecular flexibility index (Phi) is 4.92. The van der Waals surface area contributed by atoms with Crippen molar-refractivity contribution >= 4 is 29.1 Å². The van der Waals surface area contributed by atoms with Crippen molar-refractivity contribution in [2.45, 2.75) is 30.0 Å². The van der Waals surface area contributed by atoms with Gasteiger partial charge in [0.2, 0.25) is 10.4 Å². The average molecular weight is 327 g/mol. The molecule has 0 aliphatic heterocycles. The first-order chi connectivity index (χ1) is 9.95. The van der Waals surface area contributed by atoms with Crippen LogP contribution in [0.3, 0.4) is 0 Å². The van der Waals surface area contributed by atoms with Gasteiger partial charge in [-0.1, -0.05) is 12.1 Å². The molecular formula is C12H11ClN4O3S. The molecule has 0 saturated carbocycles. The van der Waals surface area contributed by atoms with Gasteiger partial charge in [-0.15, -0.1) is 0 Å². The van der Waals surface area contributed by atoms with E-state index in [1.165, 1.54) is 6.07 Å². The van der Waals surface area contributed by atoms with Gasteiger partial charge in [-0.25, -0.2) is 0 Å². The molecule has 7 nitrogen and oxygen atoms in total. The SMILES string of the molecule is CC(C)Oc1nc(Cl)nc(Sc2ccccc2[N+](=O)[O-])n1. The highest BCUT2D eigenvalue weighted by molar-refractivity contribution is 7.99. The minimum absolute atomic E-state index is 0.0228. The van der Waals surface area contributed by atoms with Crippen molar-refractivity contribution in [2.75, 3.05) is 0 Å². The molecule has 0 N–H and O–H groups in total. The second-order valence-electron chi connectivity index (χ2n) is 4.16. The molecule has 1 aromatic carbocycles. The van der Waals surface area contributed by atoms with Crippen molar-refractivity contribution in [3.8, 4) is 6.01 Å². The Hall–Kier alpha value is -1.93. The maximum atomic E-state index is 11.0. The molecule has 21 heavy (non-hydrogen) atoms. The van der Waals surface area contributed by atoms with E-state index in [0.29, 0.717) is 4.90 Å². The number of nitro groups is 1. The first kappa shape index (κ1) is 15.5. The van der Waals surface area contributed by atoms with Gasteiger partial charge >= 0.3 is 6.01 Å². The molecule has 0 fully saturated rings. The van der Waals surface area contributed by atoms with Crippen LogP contribution in [0, 0.1) is 10.1 Å². The topological polar surface area (TPSA) is 91.0 Å². The number of ether oxygens (including phenoxy) is 1. The van der Waals surface area contributed by atoms with Crippen LogP contribution in [0.2, 0.25) is 5.28 Å². The molecule has 0 radical (unpaired) electrons. The van der Waals surface area contributed by atoms with Gasteiger partial charge in [0.1, 0.15) is 0 Å². The maximum absolute atomic E-state index is 11.0. The zero-order valence-corrected chi connectivity index (χ0v) is 12.8. The van der Waals surface area contributed by atoms with Gasteiger partial charge in [0.15, 0.2) is 0 Å². The molecule has 0 spiro atoms. The molecule has 0 bridgehead atoms. The number of nitro benzene ring substituents is 1. The van der Waals surface area contributed by atoms with Crippen molar-refractivity contribution in [1.82, 2.24) is 15.0 Å². The Morgan fingerprint density at radius 2 is 2.00 bits per heavy atom. The Balaban J connectivity index is 2.31. The van der Waals surface area contributed by atoms with E-state index in [-0.39, 0.29) is 28.2 Å². The van der Waals surface area contributed by atoms with Crippen molar-refractivity contribution in [3.05, 3.63) is 39.7 Å². The Morgan fingerprint density at radius 3 is 2.67 bits per heavy atom. The fourth-order valence-electron chi connectivity index (χ4n) is 1.42. The second-order valence-corrected chi connectivity index (χ2v) is 5.51. The fraction of sp³-hybridized carbons (Fsp3) is 0.250. The summed E-state index contributed by atoms with van der Waals surface area (Å²) < 4.78 is 5.36. The van der Waals surface area contributed by atoms with Crippen LogP contribution >= 0.6 is 23.4 Å². The molecule has 2 aromatic rings. The Bertz CT molecular complexity index is 669. The lowest BCUT2D eigenvalue weighted by Gasteiger charge is -2.08. The number of hydrogen-bond acceptors (Lipinski definition) is 7. The van der Waals surface area contributed by atoms with E-state index in [9.17, 15) is 10.1 Å². The standard InChI is InChI=1S/C12H11ClN4O3S/c1-7(2)20-11-14-10(13)15-12(16-11)21-9-6-4-3-5-8(9)17(18)19/h3-7H,1-2H3. The van der Waals surface area contributed by atoms with Gasteiger partial charge in [-0.2, -0.15) is 15.0 Å². The molecule has 0 aliphatic rings. The highest BCUT2D eigenvalue weighted by Gasteiger charge is 2.16. The largest absolute Gasteiger partial charge is 0.461 e. The van der Waals surface area contributed by atoms with E-state index in [0.717, 1.165) is 11.8 Å². The maximum Gasteiger partial charge on any atom is 0.322 e. The zero-order chi connectivity index (χ0) is 15.4. The molecule has 1 aromatic heterocycles. The predicted octanol–water partition coefficient (Wildman–Crippen LogP) is 3.37. The lowest BCUT2D eigenvalue weighted by Crippen LogP contribution is -2.09. The first-order valence-corrected chi connectivity index (χ1v) is 7.14. The monoisotopic (exact) mass is 326 g/mol. The lowest BCUT2D eigenvalue weighted by atomic mass is 10.3. The van der Waals surface area contributed by atoms with E-state index < -0.39 is 4.92 Å². The third kappa shape index (κ3) is 4.27. The van der Waals surface area contributed by atoms with Crippen LogP contribution in [0.15, 0.2) is 34.3 Å². The van der Waals surface area contributed by atoms with Gasteiger partial charge in [-0.05, 0) is 43.3 Å². The third-order valence-corrected chi connectivity index (χ3v) is 3.27. The molecule has 9 heteroatoms. The summed E-state index contributed by atoms with van der Waals surface area (Å²) in [6, 6.07) is 6.41. The number of halogens is 1. The number of aromatic nitrogens is 3. The van der Waals surface area contributed by atoms with Crippen LogP contribution in [0.5, 0.6) is 6.01 Å². The van der Waals surface area contributed by atoms with Crippen LogP contribution in [0.4, 0.5) is 5.69 Å². The minimum Gasteiger partial charge on any atom is -0.461 e. The quantitative estimate of drug-likeness (QED) is 0.614. The van der Waals surface area contributed by atoms with Gasteiger partial charge in [0.25, 0.3) is 5.69 Å². The summed E-state index contributed by atoms with van der Waals surface area (Å²) >= 11 is 6.84. The smallest absolute Gasteiger partial charge is 0.322 e. The number of benzene rings is 1. The van der Waals surface area contributed by atoms with E-state index in [1.807, 2.05) is 13.8 Å². The highest BCUT2D eigenvalue weighted by Crippen LogP contribution is 2.33. The van der Waals surface area contributed by atoms with Crippen LogP contribution in [-0.4, -0.2) is 26.0 Å². The number of hydrogen-bond donors (Lipinski definition) is 0. The molecule has 0 aliphatic carbocycles. The number of rotatable bonds is 5. The summed E-state index contributed by atoms with van der Waals surface area (Å²) in [5.41, 5.74) is -0.0228. The zero-order valence-electron chi connectivity index (χ0n) is 11.2. The second kappa shape index (κ2) is 6.68. The van der Waals surface area contributed by atoms with Gasteiger partial charge in [0.05, 0.1) is 15.9 Å². The van der Waals surface area contributed by atoms with Gasteiger partial charge in [-0.3, -0.25) is 10.1 Å². The normalized spacial score (nSPS) is 10.7. The van der Waals surface area contributed by atoms with Crippen LogP contribution < -0.4 is 4.74 Å². The molecule has 1 heterocycles. The molecular weight excluding hydrogens is 316 g/mol. The van der Waals surface area contributed by atoms with Crippen LogP contribution in [-0.2, 0) is 0 Å². The van der Waals surface area contributed by atoms with Crippen molar-refractivity contribution in [1.29, 1.82) is 0 Å². The predicted molar refractivity (Wildman–Crippen MR) is 77.8 cm³/mol. The minimum atomic E-state index is -0.462. The van der Waals surface area contributed by atoms with Gasteiger partial charge in [0, 0.05) is 6.07 Å². The van der Waals surface area contributed by atoms with E-state index in [1.54, 1.807) is 18.2 Å². The van der Waals surface area contributed by atoms with Crippen LogP contribution in [0.25, 0.3) is 0 Å². The summed E-state index contributed by atoms with van der Waals surface area (Å²) in [5.74, 6) is 0. The first-order valence-electron chi connectivity index (χ1n) is 5.95. The lowest BCUT2D eigenvalue weighted by molar-refractivity contribution is -0.387. The summed E-state index contributed by atoms with van der Waals surface area (Å²) in [6.45, 7) is 3.65. The third-order valence-electron chi connectivity index (χ3n) is 2.17. The Labute approximate surface area is 129 Å². The molecule has 110 valence electrons. The number of nitrogens with zero attached hydrogens (tertiary/aromatic N) is 4. The van der Waals surface area contributed by atoms with Crippen molar-refractivity contribution < 1.29 is 9.66 Å². The average Bonchev–Trinajstić information content (AvgIpc) is 2.37. The van der Waals surface area contributed by atoms with E-state index >= 15 is 0 Å². The Morgan fingerprint density at radius 1 is 1.29 bits per heavy atom. The molecule has 0 amide bonds. The summed E-state index contributed by atoms with van der Waals surface area (Å²) in [6.07, 6.45) is -0.118. The van der Waals surface area contributed by atoms with E-state index in [4.69, 9.17) is 16.3 Å². The van der Waals surface area contributed by atoms with E-state index in [2.05, 4.69) is 15.0 Å². The van der Waals surface area contributed by atoms with Crippen molar-refractivity contribution in [3.63, 3.8) is 0 Å². The van der Waals surface area contributed by atoms with Crippen molar-refractivity contribution in [2.24, 2.45) is 0 Å². The summed E-state index contributed by atoms with van der Waals surface area (Å²) in [4.78, 5) is 22.8. The fourth-order valence-corrected chi connectivity index (χ4v) is 2.47. The summed E-state index contributed by atoms with van der Waals surface area (Å²) in [5, 5.41) is 11.2.